The van der Waals surface area contributed by atoms with Crippen molar-refractivity contribution in [1.29, 1.82) is 0 Å². The Labute approximate surface area is 171 Å². The van der Waals surface area contributed by atoms with E-state index < -0.39 is 11.9 Å². The van der Waals surface area contributed by atoms with Crippen LogP contribution in [0.3, 0.4) is 0 Å². The Morgan fingerprint density at radius 2 is 1.83 bits per heavy atom. The first-order valence-electron chi connectivity index (χ1n) is 9.65. The van der Waals surface area contributed by atoms with Gasteiger partial charge in [-0.1, -0.05) is 18.2 Å². The van der Waals surface area contributed by atoms with Crippen molar-refractivity contribution in [2.45, 2.75) is 31.8 Å². The molecule has 0 fully saturated rings. The second-order valence-electron chi connectivity index (χ2n) is 7.65. The molecule has 7 heteroatoms. The van der Waals surface area contributed by atoms with E-state index in [4.69, 9.17) is 14.9 Å². The van der Waals surface area contributed by atoms with E-state index in [2.05, 4.69) is 61.8 Å². The van der Waals surface area contributed by atoms with Gasteiger partial charge in [-0.3, -0.25) is 0 Å². The van der Waals surface area contributed by atoms with E-state index in [9.17, 15) is 9.59 Å². The smallest absolute Gasteiger partial charge is 0.328 e. The highest BCUT2D eigenvalue weighted by atomic mass is 16.5. The molecule has 158 valence electrons. The van der Waals surface area contributed by atoms with Gasteiger partial charge in [-0.2, -0.15) is 0 Å². The van der Waals surface area contributed by atoms with Gasteiger partial charge >= 0.3 is 11.9 Å². The van der Waals surface area contributed by atoms with Crippen molar-refractivity contribution in [1.82, 2.24) is 9.47 Å². The van der Waals surface area contributed by atoms with Gasteiger partial charge in [-0.05, 0) is 58.5 Å². The molecule has 3 rings (SSSR count). The second kappa shape index (κ2) is 9.71. The van der Waals surface area contributed by atoms with E-state index in [1.807, 2.05) is 0 Å². The molecule has 0 aliphatic carbocycles. The number of nitrogens with zero attached hydrogens (tertiary/aromatic N) is 2. The number of rotatable bonds is 6. The predicted molar refractivity (Wildman–Crippen MR) is 112 cm³/mol. The van der Waals surface area contributed by atoms with Crippen LogP contribution >= 0.6 is 0 Å². The van der Waals surface area contributed by atoms with E-state index >= 15 is 0 Å². The number of aromatic nitrogens is 1. The van der Waals surface area contributed by atoms with Crippen LogP contribution in [-0.2, 0) is 33.4 Å². The molecule has 1 aliphatic rings. The van der Waals surface area contributed by atoms with Crippen LogP contribution in [0.5, 0.6) is 0 Å². The summed E-state index contributed by atoms with van der Waals surface area (Å²) in [7, 11) is 6.44. The average Bonchev–Trinajstić information content (AvgIpc) is 2.95. The molecule has 1 aromatic heterocycles. The van der Waals surface area contributed by atoms with Gasteiger partial charge in [0, 0.05) is 30.1 Å². The van der Waals surface area contributed by atoms with Gasteiger partial charge in [-0.25, -0.2) is 9.59 Å². The minimum absolute atomic E-state index is 0.155. The number of para-hydroxylation sites is 1. The topological polar surface area (TPSA) is 92.0 Å². The van der Waals surface area contributed by atoms with Crippen molar-refractivity contribution in [2.75, 3.05) is 27.2 Å². The number of fused-ring (bicyclic) bond motifs is 3. The molecule has 2 N–H and O–H groups in total. The number of carboxylic acid groups (broad SMARTS) is 2. The highest BCUT2D eigenvalue weighted by molar-refractivity contribution is 5.89. The molecular weight excluding hydrogens is 372 g/mol. The minimum Gasteiger partial charge on any atom is -0.478 e. The molecule has 1 aromatic carbocycles. The van der Waals surface area contributed by atoms with Gasteiger partial charge in [0.2, 0.25) is 0 Å². The Hall–Kier alpha value is -2.64. The average molecular weight is 402 g/mol. The summed E-state index contributed by atoms with van der Waals surface area (Å²) < 4.78 is 8.59. The third-order valence-electron chi connectivity index (χ3n) is 5.11. The van der Waals surface area contributed by atoms with Crippen LogP contribution < -0.4 is 0 Å². The summed E-state index contributed by atoms with van der Waals surface area (Å²) in [4.78, 5) is 21.4. The fourth-order valence-corrected chi connectivity index (χ4v) is 3.91. The number of aliphatic carboxylic acids is 2. The van der Waals surface area contributed by atoms with Gasteiger partial charge in [0.05, 0.1) is 12.3 Å². The first-order chi connectivity index (χ1) is 13.7. The molecule has 1 unspecified atom stereocenters. The molecule has 0 spiro atoms. The molecule has 7 nitrogen and oxygen atoms in total. The highest BCUT2D eigenvalue weighted by Crippen LogP contribution is 2.41. The zero-order valence-electron chi connectivity index (χ0n) is 17.5. The van der Waals surface area contributed by atoms with Crippen molar-refractivity contribution in [3.63, 3.8) is 0 Å². The zero-order chi connectivity index (χ0) is 21.6. The molecule has 1 atom stereocenters. The number of aryl methyl sites for hydroxylation is 1. The number of hydrogen-bond donors (Lipinski definition) is 2. The van der Waals surface area contributed by atoms with Crippen LogP contribution in [0.1, 0.15) is 31.0 Å². The van der Waals surface area contributed by atoms with Crippen LogP contribution in [0.4, 0.5) is 0 Å². The predicted octanol–water partition coefficient (Wildman–Crippen LogP) is 3.02. The van der Waals surface area contributed by atoms with Crippen LogP contribution in [0, 0.1) is 0 Å². The fraction of sp³-hybridized carbons (Fsp3) is 0.455. The summed E-state index contributed by atoms with van der Waals surface area (Å²) in [6, 6.07) is 8.73. The van der Waals surface area contributed by atoms with Crippen LogP contribution in [0.25, 0.3) is 10.9 Å². The maximum Gasteiger partial charge on any atom is 0.328 e. The van der Waals surface area contributed by atoms with Gasteiger partial charge in [0.15, 0.2) is 0 Å². The SMILES string of the molecule is CN(C)CCCC1(C)OCCc2c1n(C)c1ccccc21.O=C(O)/C=C\C(=O)O. The quantitative estimate of drug-likeness (QED) is 0.722. The number of hydrogen-bond acceptors (Lipinski definition) is 4. The van der Waals surface area contributed by atoms with E-state index in [0.717, 1.165) is 32.4 Å². The highest BCUT2D eigenvalue weighted by Gasteiger charge is 2.36. The molecular formula is C22H30N2O5. The second-order valence-corrected chi connectivity index (χ2v) is 7.65. The van der Waals surface area contributed by atoms with Crippen LogP contribution in [0.2, 0.25) is 0 Å². The van der Waals surface area contributed by atoms with Crippen LogP contribution in [-0.4, -0.2) is 58.9 Å². The lowest BCUT2D eigenvalue weighted by Crippen LogP contribution is -2.35. The van der Waals surface area contributed by atoms with Crippen molar-refractivity contribution < 1.29 is 24.5 Å². The monoisotopic (exact) mass is 402 g/mol. The lowest BCUT2D eigenvalue weighted by Gasteiger charge is -2.36. The standard InChI is InChI=1S/C18H26N2O.C4H4O4/c1-18(11-7-12-19(2)3)17-15(10-13-21-18)14-8-5-6-9-16(14)20(17)4;5-3(6)1-2-4(7)8/h5-6,8-9H,7,10-13H2,1-4H3;1-2H,(H,5,6)(H,7,8)/b;2-1-. The third-order valence-corrected chi connectivity index (χ3v) is 5.11. The van der Waals surface area contributed by atoms with Crippen molar-refractivity contribution >= 4 is 22.8 Å². The summed E-state index contributed by atoms with van der Waals surface area (Å²) >= 11 is 0. The van der Waals surface area contributed by atoms with E-state index in [0.29, 0.717) is 12.2 Å². The maximum atomic E-state index is 9.55. The molecule has 0 saturated carbocycles. The van der Waals surface area contributed by atoms with Crippen molar-refractivity contribution in [2.24, 2.45) is 7.05 Å². The third kappa shape index (κ3) is 5.68. The first-order valence-corrected chi connectivity index (χ1v) is 9.65. The molecule has 29 heavy (non-hydrogen) atoms. The maximum absolute atomic E-state index is 9.55. The molecule has 0 saturated heterocycles. The van der Waals surface area contributed by atoms with Gasteiger partial charge in [0.1, 0.15) is 5.60 Å². The number of carbonyl (C=O) groups is 2. The summed E-state index contributed by atoms with van der Waals surface area (Å²) in [5.41, 5.74) is 4.05. The number of carboxylic acids is 2. The Kier molecular flexibility index (Phi) is 7.59. The molecule has 2 heterocycles. The number of ether oxygens (including phenoxy) is 1. The van der Waals surface area contributed by atoms with E-state index in [1.54, 1.807) is 0 Å². The van der Waals surface area contributed by atoms with Crippen molar-refractivity contribution in [3.8, 4) is 0 Å². The van der Waals surface area contributed by atoms with Gasteiger partial charge in [-0.15, -0.1) is 0 Å². The molecule has 0 amide bonds. The zero-order valence-corrected chi connectivity index (χ0v) is 17.5. The number of benzene rings is 1. The Morgan fingerprint density at radius 3 is 2.41 bits per heavy atom. The lowest BCUT2D eigenvalue weighted by atomic mass is 9.88. The summed E-state index contributed by atoms with van der Waals surface area (Å²) in [5.74, 6) is -2.51. The Morgan fingerprint density at radius 1 is 1.21 bits per heavy atom. The summed E-state index contributed by atoms with van der Waals surface area (Å²) in [5, 5.41) is 17.0. The first kappa shape index (κ1) is 22.6. The van der Waals surface area contributed by atoms with Gasteiger partial charge in [0.25, 0.3) is 0 Å². The van der Waals surface area contributed by atoms with E-state index in [1.165, 1.54) is 22.2 Å². The van der Waals surface area contributed by atoms with Crippen molar-refractivity contribution in [3.05, 3.63) is 47.7 Å². The van der Waals surface area contributed by atoms with Gasteiger partial charge < -0.3 is 24.4 Å². The Balaban J connectivity index is 0.000000321. The molecule has 0 radical (unpaired) electrons. The normalized spacial score (nSPS) is 18.5. The largest absolute Gasteiger partial charge is 0.478 e. The summed E-state index contributed by atoms with van der Waals surface area (Å²) in [6.45, 7) is 4.21. The molecule has 1 aliphatic heterocycles. The molecule has 0 bridgehead atoms. The van der Waals surface area contributed by atoms with Crippen LogP contribution in [0.15, 0.2) is 36.4 Å². The summed E-state index contributed by atoms with van der Waals surface area (Å²) in [6.07, 6.45) is 4.37. The molecule has 2 aromatic rings. The van der Waals surface area contributed by atoms with E-state index in [-0.39, 0.29) is 5.60 Å². The lowest BCUT2D eigenvalue weighted by molar-refractivity contribution is -0.134. The Bertz CT molecular complexity index is 884. The minimum atomic E-state index is -1.26. The fourth-order valence-electron chi connectivity index (χ4n) is 3.91.